The second-order valence-electron chi connectivity index (χ2n) is 12.3. The van der Waals surface area contributed by atoms with Crippen molar-refractivity contribution in [3.8, 4) is 0 Å². The van der Waals surface area contributed by atoms with Crippen LogP contribution in [0.2, 0.25) is 0 Å². The highest BCUT2D eigenvalue weighted by atomic mass is 16.5. The summed E-state index contributed by atoms with van der Waals surface area (Å²) in [6.07, 6.45) is 18.0. The summed E-state index contributed by atoms with van der Waals surface area (Å²) in [5, 5.41) is 2.58. The predicted molar refractivity (Wildman–Crippen MR) is 138 cm³/mol. The first-order valence-electron chi connectivity index (χ1n) is 14.1. The van der Waals surface area contributed by atoms with E-state index in [2.05, 4.69) is 47.1 Å². The number of hydrogen-bond donors (Lipinski definition) is 0. The molecular weight excluding hydrogens is 416 g/mol. The van der Waals surface area contributed by atoms with Gasteiger partial charge in [-0.25, -0.2) is 0 Å². The van der Waals surface area contributed by atoms with E-state index in [1.807, 2.05) is 12.4 Å². The van der Waals surface area contributed by atoms with E-state index in [0.717, 1.165) is 61.9 Å². The molecule has 180 valence electrons. The van der Waals surface area contributed by atoms with E-state index in [0.29, 0.717) is 5.41 Å². The van der Waals surface area contributed by atoms with Crippen molar-refractivity contribution < 1.29 is 4.74 Å². The Hall–Kier alpha value is -1.71. The molecule has 4 aliphatic carbocycles. The Bertz CT molecular complexity index is 1090. The number of pyridine rings is 1. The normalized spacial score (nSPS) is 40.3. The molecule has 3 heteroatoms. The average molecular weight is 457 g/mol. The van der Waals surface area contributed by atoms with Gasteiger partial charge in [0.05, 0.1) is 13.2 Å². The monoisotopic (exact) mass is 456 g/mol. The number of aromatic nitrogens is 1. The highest BCUT2D eigenvalue weighted by Crippen LogP contribution is 2.64. The quantitative estimate of drug-likeness (QED) is 0.510. The Labute approximate surface area is 205 Å². The Morgan fingerprint density at radius 1 is 0.941 bits per heavy atom. The van der Waals surface area contributed by atoms with Crippen LogP contribution in [-0.2, 0) is 4.74 Å². The van der Waals surface area contributed by atoms with Crippen LogP contribution in [0.5, 0.6) is 0 Å². The molecule has 1 aliphatic heterocycles. The summed E-state index contributed by atoms with van der Waals surface area (Å²) in [6, 6.07) is 10.0. The van der Waals surface area contributed by atoms with Crippen LogP contribution in [0, 0.1) is 35.0 Å². The number of ether oxygens (including phenoxy) is 1. The van der Waals surface area contributed by atoms with Crippen molar-refractivity contribution >= 4 is 16.3 Å². The highest BCUT2D eigenvalue weighted by Gasteiger charge is 2.55. The van der Waals surface area contributed by atoms with Crippen molar-refractivity contribution in [3.05, 3.63) is 48.3 Å². The number of rotatable bonds is 2. The van der Waals surface area contributed by atoms with Gasteiger partial charge < -0.3 is 4.74 Å². The Balaban J connectivity index is 1.09. The number of benzene rings is 1. The van der Waals surface area contributed by atoms with Crippen LogP contribution in [0.15, 0.2) is 42.7 Å². The standard InChI is InChI=1S/C31H40N2O/c1-31-12-10-27-26-7-5-25(33-14-16-34-17-15-33)19-22(26)4-6-28(27)30(31)9-8-29(31)23-3-2-21-11-13-32-20-24(21)18-23/h2-3,8,11,13,18,20,22,25-28,30H,4-7,9-10,12,14-17,19H2,1H3. The predicted octanol–water partition coefficient (Wildman–Crippen LogP) is 6.58. The minimum absolute atomic E-state index is 0.356. The summed E-state index contributed by atoms with van der Waals surface area (Å²) in [4.78, 5) is 7.14. The number of allylic oxidation sites excluding steroid dienone is 2. The van der Waals surface area contributed by atoms with Crippen LogP contribution in [0.25, 0.3) is 16.3 Å². The van der Waals surface area contributed by atoms with Gasteiger partial charge in [0.25, 0.3) is 0 Å². The number of fused-ring (bicyclic) bond motifs is 6. The highest BCUT2D eigenvalue weighted by molar-refractivity contribution is 5.86. The van der Waals surface area contributed by atoms with E-state index >= 15 is 0 Å². The molecule has 34 heavy (non-hydrogen) atoms. The van der Waals surface area contributed by atoms with Gasteiger partial charge in [-0.3, -0.25) is 9.88 Å². The SMILES string of the molecule is CC12CCC3C4CCC(N5CCOCC5)CC4CCC3C1CC=C2c1ccc2ccncc2c1. The van der Waals surface area contributed by atoms with Crippen LogP contribution in [-0.4, -0.2) is 42.2 Å². The molecule has 0 N–H and O–H groups in total. The molecule has 3 nitrogen and oxygen atoms in total. The summed E-state index contributed by atoms with van der Waals surface area (Å²) < 4.78 is 5.63. The van der Waals surface area contributed by atoms with Gasteiger partial charge in [0.15, 0.2) is 0 Å². The average Bonchev–Trinajstić information content (AvgIpc) is 3.25. The Morgan fingerprint density at radius 2 is 1.82 bits per heavy atom. The molecule has 3 saturated carbocycles. The molecule has 0 amide bonds. The van der Waals surface area contributed by atoms with Crippen molar-refractivity contribution in [2.24, 2.45) is 35.0 Å². The van der Waals surface area contributed by atoms with Crippen molar-refractivity contribution in [2.75, 3.05) is 26.3 Å². The molecule has 7 unspecified atom stereocenters. The molecule has 0 bridgehead atoms. The molecule has 5 aliphatic rings. The second kappa shape index (κ2) is 8.45. The zero-order chi connectivity index (χ0) is 22.7. The van der Waals surface area contributed by atoms with Gasteiger partial charge in [-0.1, -0.05) is 25.1 Å². The van der Waals surface area contributed by atoms with Crippen molar-refractivity contribution in [3.63, 3.8) is 0 Å². The maximum absolute atomic E-state index is 5.63. The molecule has 1 aromatic heterocycles. The van der Waals surface area contributed by atoms with Crippen molar-refractivity contribution in [1.82, 2.24) is 9.88 Å². The summed E-state index contributed by atoms with van der Waals surface area (Å²) in [6.45, 7) is 6.82. The minimum Gasteiger partial charge on any atom is -0.379 e. The summed E-state index contributed by atoms with van der Waals surface area (Å²) in [5.74, 6) is 4.75. The van der Waals surface area contributed by atoms with Crippen molar-refractivity contribution in [1.29, 1.82) is 0 Å². The van der Waals surface area contributed by atoms with E-state index in [1.54, 1.807) is 5.57 Å². The van der Waals surface area contributed by atoms with Gasteiger partial charge in [0.1, 0.15) is 0 Å². The number of morpholine rings is 1. The molecule has 0 radical (unpaired) electrons. The number of nitrogens with zero attached hydrogens (tertiary/aromatic N) is 2. The van der Waals surface area contributed by atoms with Crippen LogP contribution >= 0.6 is 0 Å². The fourth-order valence-corrected chi connectivity index (χ4v) is 9.37. The van der Waals surface area contributed by atoms with Gasteiger partial charge in [-0.05, 0) is 115 Å². The first-order valence-corrected chi connectivity index (χ1v) is 14.1. The van der Waals surface area contributed by atoms with Crippen LogP contribution in [0.4, 0.5) is 0 Å². The lowest BCUT2D eigenvalue weighted by Crippen LogP contribution is -2.51. The second-order valence-corrected chi connectivity index (χ2v) is 12.3. The van der Waals surface area contributed by atoms with Gasteiger partial charge >= 0.3 is 0 Å². The molecule has 4 fully saturated rings. The zero-order valence-electron chi connectivity index (χ0n) is 20.8. The van der Waals surface area contributed by atoms with E-state index in [-0.39, 0.29) is 0 Å². The van der Waals surface area contributed by atoms with E-state index in [4.69, 9.17) is 4.74 Å². The van der Waals surface area contributed by atoms with E-state index < -0.39 is 0 Å². The molecular formula is C31H40N2O. The summed E-state index contributed by atoms with van der Waals surface area (Å²) in [5.41, 5.74) is 3.44. The van der Waals surface area contributed by atoms with Gasteiger partial charge in [-0.2, -0.15) is 0 Å². The third-order valence-electron chi connectivity index (χ3n) is 11.0. The van der Waals surface area contributed by atoms with Crippen molar-refractivity contribution in [2.45, 2.75) is 64.3 Å². The largest absolute Gasteiger partial charge is 0.379 e. The molecule has 1 saturated heterocycles. The lowest BCUT2D eigenvalue weighted by atomic mass is 9.49. The fraction of sp³-hybridized carbons (Fsp3) is 0.645. The Kier molecular flexibility index (Phi) is 5.36. The van der Waals surface area contributed by atoms with E-state index in [9.17, 15) is 0 Å². The van der Waals surface area contributed by atoms with Crippen LogP contribution in [0.3, 0.4) is 0 Å². The third kappa shape index (κ3) is 3.41. The van der Waals surface area contributed by atoms with Crippen LogP contribution in [0.1, 0.15) is 63.9 Å². The van der Waals surface area contributed by atoms with Gasteiger partial charge in [0.2, 0.25) is 0 Å². The first-order chi connectivity index (χ1) is 16.7. The fourth-order valence-electron chi connectivity index (χ4n) is 9.37. The summed E-state index contributed by atoms with van der Waals surface area (Å²) in [7, 11) is 0. The molecule has 2 aromatic rings. The lowest BCUT2D eigenvalue weighted by molar-refractivity contribution is -0.0620. The maximum Gasteiger partial charge on any atom is 0.0594 e. The minimum atomic E-state index is 0.356. The third-order valence-corrected chi connectivity index (χ3v) is 11.0. The topological polar surface area (TPSA) is 25.4 Å². The van der Waals surface area contributed by atoms with Gasteiger partial charge in [0, 0.05) is 36.9 Å². The molecule has 1 aromatic carbocycles. The lowest BCUT2D eigenvalue weighted by Gasteiger charge is -2.56. The maximum atomic E-state index is 5.63. The summed E-state index contributed by atoms with van der Waals surface area (Å²) >= 11 is 0. The molecule has 2 heterocycles. The van der Waals surface area contributed by atoms with E-state index in [1.165, 1.54) is 67.7 Å². The first kappa shape index (κ1) is 21.6. The van der Waals surface area contributed by atoms with Crippen LogP contribution < -0.4 is 0 Å². The zero-order valence-corrected chi connectivity index (χ0v) is 20.8. The smallest absolute Gasteiger partial charge is 0.0594 e. The molecule has 0 spiro atoms. The van der Waals surface area contributed by atoms with Gasteiger partial charge in [-0.15, -0.1) is 0 Å². The number of hydrogen-bond acceptors (Lipinski definition) is 3. The Morgan fingerprint density at radius 3 is 2.74 bits per heavy atom. The molecule has 7 atom stereocenters. The molecule has 7 rings (SSSR count).